The minimum absolute atomic E-state index is 0.114. The van der Waals surface area contributed by atoms with E-state index < -0.39 is 0 Å². The fourth-order valence-corrected chi connectivity index (χ4v) is 2.99. The molecule has 1 aromatic heterocycles. The number of nitrogens with zero attached hydrogens (tertiary/aromatic N) is 1. The largest absolute Gasteiger partial charge is 0.306 e. The average molecular weight is 326 g/mol. The first-order valence-corrected chi connectivity index (χ1v) is 8.29. The Labute approximate surface area is 146 Å². The minimum atomic E-state index is -0.114. The second-order valence-electron chi connectivity index (χ2n) is 6.31. The second kappa shape index (κ2) is 6.02. The van der Waals surface area contributed by atoms with Crippen LogP contribution in [0, 0.1) is 13.8 Å². The smallest absolute Gasteiger partial charge is 0.259 e. The van der Waals surface area contributed by atoms with Crippen LogP contribution in [0.3, 0.4) is 0 Å². The molecule has 0 spiro atoms. The van der Waals surface area contributed by atoms with E-state index >= 15 is 0 Å². The van der Waals surface area contributed by atoms with E-state index in [9.17, 15) is 4.79 Å². The van der Waals surface area contributed by atoms with Crippen molar-refractivity contribution in [1.82, 2.24) is 9.97 Å². The van der Waals surface area contributed by atoms with Crippen LogP contribution in [0.4, 0.5) is 0 Å². The van der Waals surface area contributed by atoms with Crippen LogP contribution in [0.2, 0.25) is 0 Å². The zero-order valence-electron chi connectivity index (χ0n) is 14.2. The Morgan fingerprint density at radius 2 is 1.52 bits per heavy atom. The van der Waals surface area contributed by atoms with Crippen molar-refractivity contribution in [2.24, 2.45) is 0 Å². The first kappa shape index (κ1) is 15.3. The summed E-state index contributed by atoms with van der Waals surface area (Å²) in [6, 6.07) is 21.9. The van der Waals surface area contributed by atoms with E-state index in [1.54, 1.807) is 6.07 Å². The predicted octanol–water partition coefficient (Wildman–Crippen LogP) is 4.87. The molecule has 0 radical (unpaired) electrons. The molecule has 3 heteroatoms. The lowest BCUT2D eigenvalue weighted by Gasteiger charge is -2.08. The Morgan fingerprint density at radius 3 is 2.36 bits per heavy atom. The number of aromatic amines is 1. The highest BCUT2D eigenvalue weighted by Crippen LogP contribution is 2.26. The van der Waals surface area contributed by atoms with Gasteiger partial charge in [-0.15, -0.1) is 0 Å². The number of aryl methyl sites for hydroxylation is 2. The number of aromatic nitrogens is 2. The number of para-hydroxylation sites is 1. The van der Waals surface area contributed by atoms with Gasteiger partial charge in [0.1, 0.15) is 5.82 Å². The maximum absolute atomic E-state index is 12.3. The standard InChI is InChI=1S/C22H18N2O/c1-14-10-11-17(12-15(14)2)16-6-5-7-18(13-16)21-23-20-9-4-3-8-19(20)22(25)24-21/h3-13H,1-2H3,(H,23,24,25). The lowest BCUT2D eigenvalue weighted by molar-refractivity contribution is 1.18. The summed E-state index contributed by atoms with van der Waals surface area (Å²) in [5.41, 5.74) is 6.30. The van der Waals surface area contributed by atoms with E-state index in [0.29, 0.717) is 16.7 Å². The molecule has 3 nitrogen and oxygen atoms in total. The molecule has 0 atom stereocenters. The SMILES string of the molecule is Cc1ccc(-c2cccc(-c3nc4ccccc4c(=O)[nH]3)c2)cc1C. The third kappa shape index (κ3) is 2.85. The van der Waals surface area contributed by atoms with Gasteiger partial charge in [-0.1, -0.05) is 48.5 Å². The molecule has 0 aliphatic heterocycles. The molecule has 4 rings (SSSR count). The van der Waals surface area contributed by atoms with Gasteiger partial charge in [-0.05, 0) is 54.3 Å². The van der Waals surface area contributed by atoms with E-state index in [2.05, 4.69) is 54.1 Å². The third-order valence-electron chi connectivity index (χ3n) is 4.59. The first-order valence-electron chi connectivity index (χ1n) is 8.29. The molecule has 1 heterocycles. The van der Waals surface area contributed by atoms with Gasteiger partial charge in [-0.2, -0.15) is 0 Å². The van der Waals surface area contributed by atoms with Crippen molar-refractivity contribution in [2.45, 2.75) is 13.8 Å². The van der Waals surface area contributed by atoms with Crippen LogP contribution in [0.25, 0.3) is 33.4 Å². The van der Waals surface area contributed by atoms with Gasteiger partial charge in [-0.25, -0.2) is 4.98 Å². The van der Waals surface area contributed by atoms with Crippen LogP contribution in [0.5, 0.6) is 0 Å². The van der Waals surface area contributed by atoms with Crippen molar-refractivity contribution < 1.29 is 0 Å². The quantitative estimate of drug-likeness (QED) is 0.571. The molecule has 1 N–H and O–H groups in total. The van der Waals surface area contributed by atoms with Crippen molar-refractivity contribution in [3.05, 3.63) is 88.2 Å². The van der Waals surface area contributed by atoms with Gasteiger partial charge in [0.25, 0.3) is 5.56 Å². The lowest BCUT2D eigenvalue weighted by Crippen LogP contribution is -2.09. The minimum Gasteiger partial charge on any atom is -0.306 e. The van der Waals surface area contributed by atoms with Gasteiger partial charge in [0, 0.05) is 5.56 Å². The summed E-state index contributed by atoms with van der Waals surface area (Å²) in [7, 11) is 0. The normalized spacial score (nSPS) is 11.0. The molecule has 4 aromatic rings. The number of hydrogen-bond donors (Lipinski definition) is 1. The molecule has 0 aliphatic rings. The summed E-state index contributed by atoms with van der Waals surface area (Å²) in [5, 5.41) is 0.608. The maximum atomic E-state index is 12.3. The zero-order chi connectivity index (χ0) is 17.4. The summed E-state index contributed by atoms with van der Waals surface area (Å²) >= 11 is 0. The number of rotatable bonds is 2. The fourth-order valence-electron chi connectivity index (χ4n) is 2.99. The third-order valence-corrected chi connectivity index (χ3v) is 4.59. The maximum Gasteiger partial charge on any atom is 0.259 e. The average Bonchev–Trinajstić information content (AvgIpc) is 2.64. The molecule has 0 aliphatic carbocycles. The summed E-state index contributed by atoms with van der Waals surface area (Å²) in [6.45, 7) is 4.23. The van der Waals surface area contributed by atoms with Gasteiger partial charge < -0.3 is 4.98 Å². The van der Waals surface area contributed by atoms with Gasteiger partial charge in [-0.3, -0.25) is 4.79 Å². The van der Waals surface area contributed by atoms with Gasteiger partial charge in [0.15, 0.2) is 0 Å². The second-order valence-corrected chi connectivity index (χ2v) is 6.31. The monoisotopic (exact) mass is 326 g/mol. The van der Waals surface area contributed by atoms with Crippen LogP contribution in [0.15, 0.2) is 71.5 Å². The number of fused-ring (bicyclic) bond motifs is 1. The van der Waals surface area contributed by atoms with Crippen molar-refractivity contribution in [3.63, 3.8) is 0 Å². The van der Waals surface area contributed by atoms with E-state index in [0.717, 1.165) is 16.7 Å². The van der Waals surface area contributed by atoms with E-state index in [-0.39, 0.29) is 5.56 Å². The first-order chi connectivity index (χ1) is 12.1. The number of H-pyrrole nitrogens is 1. The Kier molecular flexibility index (Phi) is 3.69. The van der Waals surface area contributed by atoms with E-state index in [4.69, 9.17) is 0 Å². The molecule has 0 bridgehead atoms. The molecular weight excluding hydrogens is 308 g/mol. The predicted molar refractivity (Wildman–Crippen MR) is 103 cm³/mol. The van der Waals surface area contributed by atoms with Crippen LogP contribution in [-0.4, -0.2) is 9.97 Å². The molecule has 0 unspecified atom stereocenters. The number of nitrogens with one attached hydrogen (secondary N) is 1. The van der Waals surface area contributed by atoms with Gasteiger partial charge in [0.05, 0.1) is 10.9 Å². The highest BCUT2D eigenvalue weighted by atomic mass is 16.1. The molecule has 122 valence electrons. The Balaban J connectivity index is 1.84. The Morgan fingerprint density at radius 1 is 0.760 bits per heavy atom. The van der Waals surface area contributed by atoms with Gasteiger partial charge >= 0.3 is 0 Å². The molecule has 0 amide bonds. The van der Waals surface area contributed by atoms with Crippen molar-refractivity contribution in [2.75, 3.05) is 0 Å². The van der Waals surface area contributed by atoms with Crippen LogP contribution >= 0.6 is 0 Å². The number of hydrogen-bond acceptors (Lipinski definition) is 2. The van der Waals surface area contributed by atoms with Crippen LogP contribution in [-0.2, 0) is 0 Å². The lowest BCUT2D eigenvalue weighted by atomic mass is 9.99. The highest BCUT2D eigenvalue weighted by Gasteiger charge is 2.07. The van der Waals surface area contributed by atoms with Crippen molar-refractivity contribution in [3.8, 4) is 22.5 Å². The van der Waals surface area contributed by atoms with Crippen molar-refractivity contribution in [1.29, 1.82) is 0 Å². The summed E-state index contributed by atoms with van der Waals surface area (Å²) in [5.74, 6) is 0.592. The summed E-state index contributed by atoms with van der Waals surface area (Å²) in [6.07, 6.45) is 0. The molecule has 0 saturated carbocycles. The van der Waals surface area contributed by atoms with E-state index in [1.807, 2.05) is 30.3 Å². The van der Waals surface area contributed by atoms with Gasteiger partial charge in [0.2, 0.25) is 0 Å². The van der Waals surface area contributed by atoms with Crippen LogP contribution in [0.1, 0.15) is 11.1 Å². The topological polar surface area (TPSA) is 45.8 Å². The molecule has 0 fully saturated rings. The fraction of sp³-hybridized carbons (Fsp3) is 0.0909. The molecule has 25 heavy (non-hydrogen) atoms. The molecular formula is C22H18N2O. The zero-order valence-corrected chi connectivity index (χ0v) is 14.2. The molecule has 3 aromatic carbocycles. The summed E-state index contributed by atoms with van der Waals surface area (Å²) in [4.78, 5) is 19.8. The summed E-state index contributed by atoms with van der Waals surface area (Å²) < 4.78 is 0. The Bertz CT molecular complexity index is 1140. The van der Waals surface area contributed by atoms with E-state index in [1.165, 1.54) is 11.1 Å². The van der Waals surface area contributed by atoms with Crippen molar-refractivity contribution >= 4 is 10.9 Å². The Hall–Kier alpha value is -3.20. The highest BCUT2D eigenvalue weighted by molar-refractivity contribution is 5.80. The molecule has 0 saturated heterocycles. The van der Waals surface area contributed by atoms with Crippen LogP contribution < -0.4 is 5.56 Å². The number of benzene rings is 3.